The van der Waals surface area contributed by atoms with Crippen LogP contribution in [-0.2, 0) is 9.16 Å². The number of hydrogen-bond donors (Lipinski definition) is 0. The van der Waals surface area contributed by atoms with Crippen molar-refractivity contribution in [3.05, 3.63) is 11.8 Å². The Hall–Kier alpha value is -1.28. The number of nitriles is 1. The molecule has 0 aliphatic carbocycles. The minimum atomic E-state index is -6.49. The van der Waals surface area contributed by atoms with Gasteiger partial charge in [0, 0.05) is 12.7 Å². The molecule has 0 spiro atoms. The van der Waals surface area contributed by atoms with E-state index >= 15 is 0 Å². The molecule has 1 unspecified atom stereocenters. The average Bonchev–Trinajstić information content (AvgIpc) is 2.33. The molecule has 0 aromatic rings. The van der Waals surface area contributed by atoms with Gasteiger partial charge in [0.05, 0.1) is 6.07 Å². The molecule has 0 radical (unpaired) electrons. The summed E-state index contributed by atoms with van der Waals surface area (Å²) >= 11 is 0. The Kier molecular flexibility index (Phi) is 6.69. The van der Waals surface area contributed by atoms with Gasteiger partial charge in [-0.3, -0.25) is 0 Å². The summed E-state index contributed by atoms with van der Waals surface area (Å²) < 4.78 is 100. The van der Waals surface area contributed by atoms with Crippen LogP contribution in [0.4, 0.5) is 30.7 Å². The first-order valence-corrected chi connectivity index (χ1v) is 9.76. The summed E-state index contributed by atoms with van der Waals surface area (Å²) in [4.78, 5) is 0. The molecule has 0 saturated heterocycles. The van der Waals surface area contributed by atoms with E-state index in [1.165, 1.54) is 32.6 Å². The van der Waals surface area contributed by atoms with Crippen LogP contribution in [0.15, 0.2) is 11.8 Å². The van der Waals surface area contributed by atoms with Gasteiger partial charge in [0.1, 0.15) is 0 Å². The van der Waals surface area contributed by atoms with Crippen LogP contribution in [0.25, 0.3) is 0 Å². The highest BCUT2D eigenvalue weighted by molar-refractivity contribution is 6.70. The van der Waals surface area contributed by atoms with Gasteiger partial charge in [0.25, 0.3) is 0 Å². The second-order valence-corrected chi connectivity index (χ2v) is 9.83. The lowest BCUT2D eigenvalue weighted by Gasteiger charge is -2.33. The zero-order chi connectivity index (χ0) is 18.7. The smallest absolute Gasteiger partial charge is 0.460 e. The van der Waals surface area contributed by atoms with Crippen LogP contribution >= 0.6 is 0 Å². The summed E-state index contributed by atoms with van der Waals surface area (Å²) in [5.74, 6) is -14.0. The second-order valence-electron chi connectivity index (χ2n) is 5.40. The van der Waals surface area contributed by atoms with E-state index in [9.17, 15) is 30.7 Å². The van der Waals surface area contributed by atoms with E-state index in [2.05, 4.69) is 4.74 Å². The molecule has 0 aromatic carbocycles. The van der Waals surface area contributed by atoms with Gasteiger partial charge in [0.15, 0.2) is 11.9 Å². The summed E-state index contributed by atoms with van der Waals surface area (Å²) in [5.41, 5.74) is 0. The van der Waals surface area contributed by atoms with Crippen molar-refractivity contribution in [2.45, 2.75) is 50.7 Å². The van der Waals surface area contributed by atoms with Crippen LogP contribution in [0.1, 0.15) is 6.92 Å². The normalized spacial score (nSPS) is 16.0. The molecular weight excluding hydrogens is 351 g/mol. The maximum Gasteiger partial charge on any atom is 0.460 e. The summed E-state index contributed by atoms with van der Waals surface area (Å²) in [6.45, 7) is 5.18. The van der Waals surface area contributed by atoms with Crippen LogP contribution in [0, 0.1) is 11.3 Å². The molecule has 0 amide bonds. The maximum absolute atomic E-state index is 13.8. The highest BCUT2D eigenvalue weighted by Gasteiger charge is 2.75. The van der Waals surface area contributed by atoms with Crippen LogP contribution in [-0.4, -0.2) is 39.0 Å². The van der Waals surface area contributed by atoms with E-state index < -0.39 is 38.2 Å². The number of nitrogens with zero attached hydrogens (tertiary/aromatic N) is 1. The molecule has 0 bridgehead atoms. The lowest BCUT2D eigenvalue weighted by Crippen LogP contribution is -2.54. The van der Waals surface area contributed by atoms with Crippen LogP contribution in [0.2, 0.25) is 19.6 Å². The number of allylic oxidation sites excluding steroid dienone is 1. The minimum Gasteiger partial charge on any atom is -0.543 e. The van der Waals surface area contributed by atoms with E-state index in [0.717, 1.165) is 0 Å². The first kappa shape index (κ1) is 21.7. The SMILES string of the molecule is CCOC(C#N)/C=C(/O[Si](C)(C)C)C(F)(F)C(F)(F)C(F)(F)F. The lowest BCUT2D eigenvalue weighted by molar-refractivity contribution is -0.349. The largest absolute Gasteiger partial charge is 0.543 e. The Labute approximate surface area is 129 Å². The van der Waals surface area contributed by atoms with Crippen molar-refractivity contribution in [2.24, 2.45) is 0 Å². The van der Waals surface area contributed by atoms with Gasteiger partial charge in [0.2, 0.25) is 8.32 Å². The van der Waals surface area contributed by atoms with Gasteiger partial charge < -0.3 is 9.16 Å². The van der Waals surface area contributed by atoms with Crippen LogP contribution in [0.5, 0.6) is 0 Å². The molecular formula is C12H16F7NO2Si. The van der Waals surface area contributed by atoms with E-state index in [1.54, 1.807) is 0 Å². The Morgan fingerprint density at radius 3 is 1.91 bits per heavy atom. The second kappa shape index (κ2) is 7.08. The Bertz CT molecular complexity index is 477. The van der Waals surface area contributed by atoms with Gasteiger partial charge in [-0.05, 0) is 26.6 Å². The fourth-order valence-electron chi connectivity index (χ4n) is 1.31. The van der Waals surface area contributed by atoms with Gasteiger partial charge >= 0.3 is 18.0 Å². The third-order valence-electron chi connectivity index (χ3n) is 2.25. The number of ether oxygens (including phenoxy) is 1. The zero-order valence-electron chi connectivity index (χ0n) is 12.8. The van der Waals surface area contributed by atoms with Crippen molar-refractivity contribution in [3.63, 3.8) is 0 Å². The quantitative estimate of drug-likeness (QED) is 0.378. The standard InChI is InChI=1S/C12H16F7NO2Si/c1-5-21-8(7-20)6-9(22-23(2,3)4)10(13,14)11(15,16)12(17,18)19/h6,8H,5H2,1-4H3/b9-6+. The number of rotatable bonds is 7. The number of hydrogen-bond acceptors (Lipinski definition) is 3. The topological polar surface area (TPSA) is 42.2 Å². The summed E-state index contributed by atoms with van der Waals surface area (Å²) in [5, 5.41) is 8.71. The molecule has 23 heavy (non-hydrogen) atoms. The predicted molar refractivity (Wildman–Crippen MR) is 69.5 cm³/mol. The molecule has 3 nitrogen and oxygen atoms in total. The average molecular weight is 367 g/mol. The molecule has 0 aliphatic heterocycles. The van der Waals surface area contributed by atoms with E-state index in [-0.39, 0.29) is 12.7 Å². The Balaban J connectivity index is 6.05. The molecule has 0 aromatic heterocycles. The fourth-order valence-corrected chi connectivity index (χ4v) is 2.16. The monoisotopic (exact) mass is 367 g/mol. The third-order valence-corrected chi connectivity index (χ3v) is 3.08. The van der Waals surface area contributed by atoms with Crippen LogP contribution in [0.3, 0.4) is 0 Å². The van der Waals surface area contributed by atoms with Crippen molar-refractivity contribution >= 4 is 8.32 Å². The molecule has 0 rings (SSSR count). The Morgan fingerprint density at radius 1 is 1.13 bits per heavy atom. The molecule has 0 N–H and O–H groups in total. The highest BCUT2D eigenvalue weighted by Crippen LogP contribution is 2.50. The van der Waals surface area contributed by atoms with Crippen molar-refractivity contribution in [3.8, 4) is 6.07 Å². The Morgan fingerprint density at radius 2 is 1.61 bits per heavy atom. The van der Waals surface area contributed by atoms with Crippen LogP contribution < -0.4 is 0 Å². The number of alkyl halides is 7. The molecule has 0 fully saturated rings. The summed E-state index contributed by atoms with van der Waals surface area (Å²) in [6, 6.07) is 1.36. The maximum atomic E-state index is 13.8. The van der Waals surface area contributed by atoms with Gasteiger partial charge in [-0.1, -0.05) is 0 Å². The van der Waals surface area contributed by atoms with Gasteiger partial charge in [-0.25, -0.2) is 0 Å². The molecule has 1 atom stereocenters. The first-order chi connectivity index (χ1) is 10.1. The van der Waals surface area contributed by atoms with Crippen molar-refractivity contribution in [1.29, 1.82) is 5.26 Å². The summed E-state index contributed by atoms with van der Waals surface area (Å²) in [7, 11) is -2.98. The van der Waals surface area contributed by atoms with Gasteiger partial charge in [-0.2, -0.15) is 36.0 Å². The van der Waals surface area contributed by atoms with E-state index in [0.29, 0.717) is 0 Å². The molecule has 0 aliphatic rings. The minimum absolute atomic E-state index is 0.143. The van der Waals surface area contributed by atoms with Crippen molar-refractivity contribution in [1.82, 2.24) is 0 Å². The fraction of sp³-hybridized carbons (Fsp3) is 0.750. The van der Waals surface area contributed by atoms with Gasteiger partial charge in [-0.15, -0.1) is 0 Å². The van der Waals surface area contributed by atoms with E-state index in [1.807, 2.05) is 0 Å². The lowest BCUT2D eigenvalue weighted by atomic mass is 10.1. The highest BCUT2D eigenvalue weighted by atomic mass is 28.4. The van der Waals surface area contributed by atoms with Crippen molar-refractivity contribution < 1.29 is 39.9 Å². The zero-order valence-corrected chi connectivity index (χ0v) is 13.8. The molecule has 134 valence electrons. The van der Waals surface area contributed by atoms with Crippen molar-refractivity contribution in [2.75, 3.05) is 6.61 Å². The molecule has 0 heterocycles. The number of halogens is 7. The third kappa shape index (κ3) is 5.38. The molecule has 0 saturated carbocycles. The molecule has 11 heteroatoms. The van der Waals surface area contributed by atoms with E-state index in [4.69, 9.17) is 9.69 Å². The first-order valence-electron chi connectivity index (χ1n) is 6.35. The summed E-state index contributed by atoms with van der Waals surface area (Å²) in [6.07, 6.45) is -8.09. The predicted octanol–water partition coefficient (Wildman–Crippen LogP) is 4.48.